The lowest BCUT2D eigenvalue weighted by Crippen LogP contribution is -1.92. The first-order chi connectivity index (χ1) is 5.86. The van der Waals surface area contributed by atoms with Gasteiger partial charge in [-0.25, -0.2) is 0 Å². The van der Waals surface area contributed by atoms with Crippen LogP contribution in [0.3, 0.4) is 0 Å². The van der Waals surface area contributed by atoms with Gasteiger partial charge in [0.2, 0.25) is 0 Å². The van der Waals surface area contributed by atoms with Crippen LogP contribution in [0.2, 0.25) is 0 Å². The lowest BCUT2D eigenvalue weighted by atomic mass is 10.2. The largest absolute Gasteiger partial charge is 0.497 e. The molecule has 0 aliphatic rings. The molecule has 0 aromatic heterocycles. The molecule has 1 rings (SSSR count). The van der Waals surface area contributed by atoms with Gasteiger partial charge in [0.15, 0.2) is 0 Å². The standard InChI is InChI=1S/C10H13O2/c1-3-12-8-9-5-4-6-10(7-9)11-2/h4-7H,1,3,8H2,2H3. The highest BCUT2D eigenvalue weighted by Gasteiger charge is 1.94. The molecule has 0 saturated heterocycles. The summed E-state index contributed by atoms with van der Waals surface area (Å²) in [6.07, 6.45) is 0. The van der Waals surface area contributed by atoms with E-state index >= 15 is 0 Å². The Morgan fingerprint density at radius 1 is 1.42 bits per heavy atom. The van der Waals surface area contributed by atoms with Crippen LogP contribution in [0.15, 0.2) is 24.3 Å². The second kappa shape index (κ2) is 4.78. The average molecular weight is 165 g/mol. The van der Waals surface area contributed by atoms with Gasteiger partial charge in [0, 0.05) is 6.61 Å². The highest BCUT2D eigenvalue weighted by atomic mass is 16.5. The van der Waals surface area contributed by atoms with Gasteiger partial charge in [-0.3, -0.25) is 0 Å². The number of methoxy groups -OCH3 is 1. The van der Waals surface area contributed by atoms with Crippen molar-refractivity contribution in [3.05, 3.63) is 36.8 Å². The summed E-state index contributed by atoms with van der Waals surface area (Å²) in [6, 6.07) is 7.81. The molecular weight excluding hydrogens is 152 g/mol. The second-order valence-electron chi connectivity index (χ2n) is 2.40. The third kappa shape index (κ3) is 2.55. The SMILES string of the molecule is [CH2]COCc1cccc(OC)c1. The van der Waals surface area contributed by atoms with Crippen molar-refractivity contribution in [1.29, 1.82) is 0 Å². The van der Waals surface area contributed by atoms with E-state index in [0.717, 1.165) is 11.3 Å². The molecule has 1 radical (unpaired) electrons. The summed E-state index contributed by atoms with van der Waals surface area (Å²) in [5.74, 6) is 0.861. The van der Waals surface area contributed by atoms with Gasteiger partial charge in [-0.15, -0.1) is 0 Å². The maximum Gasteiger partial charge on any atom is 0.119 e. The molecule has 0 aliphatic carbocycles. The molecule has 0 atom stereocenters. The molecule has 0 unspecified atom stereocenters. The van der Waals surface area contributed by atoms with E-state index in [0.29, 0.717) is 13.2 Å². The van der Waals surface area contributed by atoms with Crippen molar-refractivity contribution in [1.82, 2.24) is 0 Å². The fraction of sp³-hybridized carbons (Fsp3) is 0.300. The van der Waals surface area contributed by atoms with Gasteiger partial charge >= 0.3 is 0 Å². The molecule has 12 heavy (non-hydrogen) atoms. The Morgan fingerprint density at radius 3 is 2.92 bits per heavy atom. The minimum Gasteiger partial charge on any atom is -0.497 e. The maximum absolute atomic E-state index is 5.15. The number of hydrogen-bond donors (Lipinski definition) is 0. The number of ether oxygens (including phenoxy) is 2. The summed E-state index contributed by atoms with van der Waals surface area (Å²) >= 11 is 0. The van der Waals surface area contributed by atoms with E-state index in [-0.39, 0.29) is 0 Å². The Hall–Kier alpha value is -1.02. The molecule has 1 aromatic rings. The van der Waals surface area contributed by atoms with Crippen LogP contribution in [-0.4, -0.2) is 13.7 Å². The van der Waals surface area contributed by atoms with Crippen LogP contribution in [-0.2, 0) is 11.3 Å². The molecule has 0 saturated carbocycles. The van der Waals surface area contributed by atoms with Crippen LogP contribution in [0.1, 0.15) is 5.56 Å². The Labute approximate surface area is 73.1 Å². The average Bonchev–Trinajstić information content (AvgIpc) is 2.15. The van der Waals surface area contributed by atoms with Crippen molar-refractivity contribution >= 4 is 0 Å². The monoisotopic (exact) mass is 165 g/mol. The molecule has 0 aliphatic heterocycles. The molecule has 0 amide bonds. The van der Waals surface area contributed by atoms with E-state index in [2.05, 4.69) is 6.92 Å². The van der Waals surface area contributed by atoms with Crippen LogP contribution in [0, 0.1) is 6.92 Å². The van der Waals surface area contributed by atoms with Crippen molar-refractivity contribution in [2.24, 2.45) is 0 Å². The molecule has 0 spiro atoms. The summed E-state index contributed by atoms with van der Waals surface area (Å²) < 4.78 is 10.2. The molecule has 0 heterocycles. The number of benzene rings is 1. The van der Waals surface area contributed by atoms with Crippen molar-refractivity contribution in [3.63, 3.8) is 0 Å². The Balaban J connectivity index is 2.60. The summed E-state index contributed by atoms with van der Waals surface area (Å²) in [5.41, 5.74) is 1.11. The lowest BCUT2D eigenvalue weighted by molar-refractivity contribution is 0.147. The molecule has 2 nitrogen and oxygen atoms in total. The molecule has 1 aromatic carbocycles. The van der Waals surface area contributed by atoms with E-state index in [9.17, 15) is 0 Å². The first kappa shape index (κ1) is 9.07. The fourth-order valence-corrected chi connectivity index (χ4v) is 0.952. The molecule has 65 valence electrons. The zero-order valence-corrected chi connectivity index (χ0v) is 7.25. The third-order valence-electron chi connectivity index (χ3n) is 1.55. The fourth-order valence-electron chi connectivity index (χ4n) is 0.952. The zero-order valence-electron chi connectivity index (χ0n) is 7.25. The van der Waals surface area contributed by atoms with Crippen LogP contribution in [0.4, 0.5) is 0 Å². The molecule has 2 heteroatoms. The Kier molecular flexibility index (Phi) is 3.61. The summed E-state index contributed by atoms with van der Waals surface area (Å²) in [7, 11) is 1.65. The zero-order chi connectivity index (χ0) is 8.81. The topological polar surface area (TPSA) is 18.5 Å². The van der Waals surface area contributed by atoms with Gasteiger partial charge in [-0.2, -0.15) is 0 Å². The predicted octanol–water partition coefficient (Wildman–Crippen LogP) is 2.05. The maximum atomic E-state index is 5.15. The third-order valence-corrected chi connectivity index (χ3v) is 1.55. The first-order valence-corrected chi connectivity index (χ1v) is 3.86. The van der Waals surface area contributed by atoms with Gasteiger partial charge in [-0.1, -0.05) is 12.1 Å². The second-order valence-corrected chi connectivity index (χ2v) is 2.40. The Morgan fingerprint density at radius 2 is 2.25 bits per heavy atom. The predicted molar refractivity (Wildman–Crippen MR) is 48.0 cm³/mol. The number of rotatable bonds is 4. The van der Waals surface area contributed by atoms with Gasteiger partial charge in [0.25, 0.3) is 0 Å². The van der Waals surface area contributed by atoms with Crippen LogP contribution in [0.25, 0.3) is 0 Å². The van der Waals surface area contributed by atoms with E-state index < -0.39 is 0 Å². The molecular formula is C10H13O2. The van der Waals surface area contributed by atoms with Crippen LogP contribution >= 0.6 is 0 Å². The molecule has 0 fully saturated rings. The van der Waals surface area contributed by atoms with Crippen molar-refractivity contribution in [2.45, 2.75) is 6.61 Å². The minimum atomic E-state index is 0.497. The molecule has 0 bridgehead atoms. The number of hydrogen-bond acceptors (Lipinski definition) is 2. The Bertz CT molecular complexity index is 233. The van der Waals surface area contributed by atoms with Crippen LogP contribution in [0.5, 0.6) is 5.75 Å². The van der Waals surface area contributed by atoms with Crippen molar-refractivity contribution in [3.8, 4) is 5.75 Å². The summed E-state index contributed by atoms with van der Waals surface area (Å²) in [6.45, 7) is 4.69. The van der Waals surface area contributed by atoms with Gasteiger partial charge in [0.05, 0.1) is 13.7 Å². The molecule has 0 N–H and O–H groups in total. The lowest BCUT2D eigenvalue weighted by Gasteiger charge is -2.03. The smallest absolute Gasteiger partial charge is 0.119 e. The first-order valence-electron chi connectivity index (χ1n) is 3.86. The van der Waals surface area contributed by atoms with E-state index in [1.165, 1.54) is 0 Å². The van der Waals surface area contributed by atoms with E-state index in [1.54, 1.807) is 7.11 Å². The van der Waals surface area contributed by atoms with Crippen molar-refractivity contribution < 1.29 is 9.47 Å². The minimum absolute atomic E-state index is 0.497. The highest BCUT2D eigenvalue weighted by Crippen LogP contribution is 2.12. The summed E-state index contributed by atoms with van der Waals surface area (Å²) in [5, 5.41) is 0. The van der Waals surface area contributed by atoms with E-state index in [1.807, 2.05) is 24.3 Å². The normalized spacial score (nSPS) is 9.83. The van der Waals surface area contributed by atoms with E-state index in [4.69, 9.17) is 9.47 Å². The van der Waals surface area contributed by atoms with Crippen LogP contribution < -0.4 is 4.74 Å². The van der Waals surface area contributed by atoms with Gasteiger partial charge in [0.1, 0.15) is 5.75 Å². The summed E-state index contributed by atoms with van der Waals surface area (Å²) in [4.78, 5) is 0. The van der Waals surface area contributed by atoms with Gasteiger partial charge in [-0.05, 0) is 24.6 Å². The highest BCUT2D eigenvalue weighted by molar-refractivity contribution is 5.27. The van der Waals surface area contributed by atoms with Gasteiger partial charge < -0.3 is 9.47 Å². The van der Waals surface area contributed by atoms with Crippen molar-refractivity contribution in [2.75, 3.05) is 13.7 Å². The quantitative estimate of drug-likeness (QED) is 0.679.